The molecule has 1 aromatic rings. The Balaban J connectivity index is 2.54. The van der Waals surface area contributed by atoms with Gasteiger partial charge in [-0.3, -0.25) is 4.79 Å². The summed E-state index contributed by atoms with van der Waals surface area (Å²) >= 11 is 4.61. The Morgan fingerprint density at radius 3 is 2.93 bits per heavy atom. The van der Waals surface area contributed by atoms with Crippen LogP contribution in [0.3, 0.4) is 0 Å². The van der Waals surface area contributed by atoms with Gasteiger partial charge in [-0.15, -0.1) is 5.10 Å². The summed E-state index contributed by atoms with van der Waals surface area (Å²) in [6.45, 7) is 4.67. The molecule has 0 aliphatic rings. The average Bonchev–Trinajstić information content (AvgIpc) is 2.73. The number of halogens is 1. The maximum Gasteiger partial charge on any atom is 0.264 e. The van der Waals surface area contributed by atoms with Crippen LogP contribution in [0.5, 0.6) is 0 Å². The first kappa shape index (κ1) is 12.6. The van der Waals surface area contributed by atoms with Gasteiger partial charge in [-0.25, -0.2) is 0 Å². The first-order valence-corrected chi connectivity index (χ1v) is 6.61. The van der Waals surface area contributed by atoms with Crippen molar-refractivity contribution >= 4 is 33.4 Å². The van der Waals surface area contributed by atoms with E-state index in [4.69, 9.17) is 0 Å². The summed E-state index contributed by atoms with van der Waals surface area (Å²) < 4.78 is 3.78. The van der Waals surface area contributed by atoms with E-state index in [0.29, 0.717) is 16.2 Å². The van der Waals surface area contributed by atoms with Gasteiger partial charge in [0.2, 0.25) is 0 Å². The molecule has 0 radical (unpaired) electrons. The highest BCUT2D eigenvalue weighted by Crippen LogP contribution is 2.11. The number of aryl methyl sites for hydroxylation is 1. The number of amides is 1. The molecule has 4 nitrogen and oxygen atoms in total. The third-order valence-electron chi connectivity index (χ3n) is 2.02. The van der Waals surface area contributed by atoms with E-state index in [2.05, 4.69) is 37.8 Å². The average molecular weight is 292 g/mol. The number of hydrogen-bond acceptors (Lipinski definition) is 4. The number of aromatic nitrogens is 2. The molecular weight excluding hydrogens is 278 g/mol. The number of carbonyl (C=O) groups is 1. The second-order valence-corrected chi connectivity index (χ2v) is 5.17. The molecule has 0 aliphatic heterocycles. The van der Waals surface area contributed by atoms with E-state index in [1.807, 2.05) is 6.92 Å². The molecular formula is C9H14BrN3OS. The van der Waals surface area contributed by atoms with Crippen LogP contribution in [-0.4, -0.2) is 26.9 Å². The van der Waals surface area contributed by atoms with E-state index in [-0.39, 0.29) is 5.91 Å². The van der Waals surface area contributed by atoms with Crippen molar-refractivity contribution in [1.29, 1.82) is 0 Å². The highest BCUT2D eigenvalue weighted by atomic mass is 79.9. The van der Waals surface area contributed by atoms with Gasteiger partial charge in [0.1, 0.15) is 4.88 Å². The van der Waals surface area contributed by atoms with E-state index >= 15 is 0 Å². The van der Waals surface area contributed by atoms with Crippen molar-refractivity contribution < 1.29 is 4.79 Å². The van der Waals surface area contributed by atoms with Crippen LogP contribution < -0.4 is 5.32 Å². The maximum atomic E-state index is 11.7. The SMILES string of the molecule is CCc1nnsc1C(=O)NCC(Br)CC. The molecule has 1 heterocycles. The molecule has 15 heavy (non-hydrogen) atoms. The topological polar surface area (TPSA) is 54.9 Å². The predicted molar refractivity (Wildman–Crippen MR) is 64.6 cm³/mol. The van der Waals surface area contributed by atoms with Gasteiger partial charge in [-0.05, 0) is 24.4 Å². The van der Waals surface area contributed by atoms with Crippen LogP contribution in [0.4, 0.5) is 0 Å². The van der Waals surface area contributed by atoms with Crippen LogP contribution in [0.1, 0.15) is 35.6 Å². The number of nitrogens with one attached hydrogen (secondary N) is 1. The summed E-state index contributed by atoms with van der Waals surface area (Å²) in [7, 11) is 0. The molecule has 0 saturated carbocycles. The second-order valence-electron chi connectivity index (χ2n) is 3.12. The lowest BCUT2D eigenvalue weighted by Gasteiger charge is -2.07. The number of hydrogen-bond donors (Lipinski definition) is 1. The Bertz CT molecular complexity index is 329. The lowest BCUT2D eigenvalue weighted by atomic mass is 10.3. The minimum absolute atomic E-state index is 0.0697. The van der Waals surface area contributed by atoms with Crippen molar-refractivity contribution in [2.45, 2.75) is 31.5 Å². The van der Waals surface area contributed by atoms with Gasteiger partial charge in [0.25, 0.3) is 5.91 Å². The van der Waals surface area contributed by atoms with Gasteiger partial charge in [-0.1, -0.05) is 34.3 Å². The van der Waals surface area contributed by atoms with Gasteiger partial charge in [-0.2, -0.15) is 0 Å². The van der Waals surface area contributed by atoms with Crippen molar-refractivity contribution in [3.05, 3.63) is 10.6 Å². The maximum absolute atomic E-state index is 11.7. The van der Waals surface area contributed by atoms with Crippen molar-refractivity contribution in [2.24, 2.45) is 0 Å². The van der Waals surface area contributed by atoms with Gasteiger partial charge in [0, 0.05) is 11.4 Å². The second kappa shape index (κ2) is 6.17. The Hall–Kier alpha value is -0.490. The highest BCUT2D eigenvalue weighted by molar-refractivity contribution is 9.09. The summed E-state index contributed by atoms with van der Waals surface area (Å²) in [5.74, 6) is -0.0697. The summed E-state index contributed by atoms with van der Waals surface area (Å²) in [5.41, 5.74) is 0.778. The lowest BCUT2D eigenvalue weighted by Crippen LogP contribution is -2.29. The third kappa shape index (κ3) is 3.53. The van der Waals surface area contributed by atoms with Crippen LogP contribution >= 0.6 is 27.5 Å². The Kier molecular flexibility index (Phi) is 5.17. The molecule has 1 amide bonds. The molecule has 1 atom stereocenters. The molecule has 0 bridgehead atoms. The molecule has 0 aliphatic carbocycles. The quantitative estimate of drug-likeness (QED) is 0.845. The van der Waals surface area contributed by atoms with Gasteiger partial charge < -0.3 is 5.32 Å². The van der Waals surface area contributed by atoms with Gasteiger partial charge in [0.05, 0.1) is 5.69 Å². The van der Waals surface area contributed by atoms with E-state index in [9.17, 15) is 4.79 Å². The molecule has 0 fully saturated rings. The Morgan fingerprint density at radius 2 is 2.33 bits per heavy atom. The number of nitrogens with zero attached hydrogens (tertiary/aromatic N) is 2. The number of alkyl halides is 1. The summed E-state index contributed by atoms with van der Waals surface area (Å²) in [6.07, 6.45) is 1.73. The van der Waals surface area contributed by atoms with Crippen LogP contribution in [0.25, 0.3) is 0 Å². The Morgan fingerprint density at radius 1 is 1.60 bits per heavy atom. The van der Waals surface area contributed by atoms with Gasteiger partial charge in [0.15, 0.2) is 0 Å². The fourth-order valence-electron chi connectivity index (χ4n) is 1.04. The first-order valence-electron chi connectivity index (χ1n) is 4.92. The highest BCUT2D eigenvalue weighted by Gasteiger charge is 2.15. The summed E-state index contributed by atoms with van der Waals surface area (Å²) in [6, 6.07) is 0. The van der Waals surface area contributed by atoms with Crippen LogP contribution in [0, 0.1) is 0 Å². The lowest BCUT2D eigenvalue weighted by molar-refractivity contribution is 0.0957. The van der Waals surface area contributed by atoms with Crippen molar-refractivity contribution in [3.63, 3.8) is 0 Å². The zero-order chi connectivity index (χ0) is 11.3. The standard InChI is InChI=1S/C9H14BrN3OS/c1-3-6(10)5-11-9(14)8-7(4-2)12-13-15-8/h6H,3-5H2,1-2H3,(H,11,14). The summed E-state index contributed by atoms with van der Waals surface area (Å²) in [4.78, 5) is 12.7. The first-order chi connectivity index (χ1) is 7.19. The van der Waals surface area contributed by atoms with Crippen LogP contribution in [0.2, 0.25) is 0 Å². The normalized spacial score (nSPS) is 12.5. The van der Waals surface area contributed by atoms with Crippen LogP contribution in [-0.2, 0) is 6.42 Å². The van der Waals surface area contributed by atoms with E-state index in [1.54, 1.807) is 0 Å². The fraction of sp³-hybridized carbons (Fsp3) is 0.667. The molecule has 0 aromatic carbocycles. The van der Waals surface area contributed by atoms with Crippen molar-refractivity contribution in [3.8, 4) is 0 Å². The molecule has 1 unspecified atom stereocenters. The molecule has 6 heteroatoms. The number of rotatable bonds is 5. The largest absolute Gasteiger partial charge is 0.350 e. The smallest absolute Gasteiger partial charge is 0.264 e. The van der Waals surface area contributed by atoms with Gasteiger partial charge >= 0.3 is 0 Å². The number of carbonyl (C=O) groups excluding carboxylic acids is 1. The zero-order valence-corrected chi connectivity index (χ0v) is 11.2. The third-order valence-corrected chi connectivity index (χ3v) is 3.76. The molecule has 1 aromatic heterocycles. The van der Waals surface area contributed by atoms with E-state index < -0.39 is 0 Å². The fourth-order valence-corrected chi connectivity index (χ4v) is 1.87. The minimum atomic E-state index is -0.0697. The molecule has 0 spiro atoms. The van der Waals surface area contributed by atoms with Crippen LogP contribution in [0.15, 0.2) is 0 Å². The minimum Gasteiger partial charge on any atom is -0.350 e. The van der Waals surface area contributed by atoms with E-state index in [1.165, 1.54) is 0 Å². The Labute approximate surface area is 102 Å². The molecule has 1 rings (SSSR count). The predicted octanol–water partition coefficient (Wildman–Crippen LogP) is 2.00. The zero-order valence-electron chi connectivity index (χ0n) is 8.79. The van der Waals surface area contributed by atoms with Crippen molar-refractivity contribution in [2.75, 3.05) is 6.54 Å². The van der Waals surface area contributed by atoms with Crippen molar-refractivity contribution in [1.82, 2.24) is 14.9 Å². The molecule has 0 saturated heterocycles. The monoisotopic (exact) mass is 291 g/mol. The molecule has 84 valence electrons. The summed E-state index contributed by atoms with van der Waals surface area (Å²) in [5, 5.41) is 6.75. The van der Waals surface area contributed by atoms with E-state index in [0.717, 1.165) is 30.1 Å². The molecule has 1 N–H and O–H groups in total.